The fraction of sp³-hybridized carbons (Fsp3) is 0.462. The molecule has 1 aromatic rings. The molecule has 0 bridgehead atoms. The van der Waals surface area contributed by atoms with Gasteiger partial charge in [-0.25, -0.2) is 0 Å². The largest absolute Gasteiger partial charge is 0.481 e. The van der Waals surface area contributed by atoms with Crippen molar-refractivity contribution in [2.24, 2.45) is 5.92 Å². The van der Waals surface area contributed by atoms with E-state index >= 15 is 0 Å². The summed E-state index contributed by atoms with van der Waals surface area (Å²) >= 11 is 0. The molecule has 4 nitrogen and oxygen atoms in total. The monoisotopic (exact) mass is 235 g/mol. The molecule has 0 spiro atoms. The molecule has 2 N–H and O–H groups in total. The summed E-state index contributed by atoms with van der Waals surface area (Å²) in [7, 11) is 1.67. The van der Waals surface area contributed by atoms with Crippen molar-refractivity contribution in [2.45, 2.75) is 19.1 Å². The van der Waals surface area contributed by atoms with Crippen molar-refractivity contribution in [3.63, 3.8) is 0 Å². The van der Waals surface area contributed by atoms with Crippen molar-refractivity contribution < 1.29 is 14.6 Å². The van der Waals surface area contributed by atoms with E-state index in [1.54, 1.807) is 7.11 Å². The van der Waals surface area contributed by atoms with Crippen LogP contribution >= 0.6 is 0 Å². The smallest absolute Gasteiger partial charge is 0.307 e. The second-order valence-corrected chi connectivity index (χ2v) is 4.41. The van der Waals surface area contributed by atoms with Crippen molar-refractivity contribution in [3.05, 3.63) is 35.4 Å². The van der Waals surface area contributed by atoms with E-state index in [2.05, 4.69) is 5.32 Å². The number of carboxylic acid groups (broad SMARTS) is 1. The van der Waals surface area contributed by atoms with Crippen LogP contribution in [0, 0.1) is 5.92 Å². The van der Waals surface area contributed by atoms with Crippen molar-refractivity contribution in [3.8, 4) is 0 Å². The first kappa shape index (κ1) is 12.1. The average Bonchev–Trinajstić information content (AvgIpc) is 2.80. The summed E-state index contributed by atoms with van der Waals surface area (Å²) in [6.45, 7) is 1.16. The van der Waals surface area contributed by atoms with Gasteiger partial charge in [-0.3, -0.25) is 4.79 Å². The number of rotatable bonds is 4. The van der Waals surface area contributed by atoms with Gasteiger partial charge in [0.2, 0.25) is 0 Å². The highest BCUT2D eigenvalue weighted by atomic mass is 16.5. The maximum Gasteiger partial charge on any atom is 0.307 e. The minimum absolute atomic E-state index is 0.160. The second kappa shape index (κ2) is 5.29. The van der Waals surface area contributed by atoms with Crippen LogP contribution in [0.5, 0.6) is 0 Å². The maximum absolute atomic E-state index is 10.9. The SMILES string of the molecule is COCc1ccc(C2CC(C(=O)O)CN2)cc1. The molecule has 0 amide bonds. The number of benzene rings is 1. The molecular weight excluding hydrogens is 218 g/mol. The minimum Gasteiger partial charge on any atom is -0.481 e. The Morgan fingerprint density at radius 2 is 2.18 bits per heavy atom. The molecule has 1 heterocycles. The number of carboxylic acids is 1. The van der Waals surface area contributed by atoms with Crippen LogP contribution in [0.1, 0.15) is 23.6 Å². The fourth-order valence-electron chi connectivity index (χ4n) is 2.19. The van der Waals surface area contributed by atoms with E-state index in [1.165, 1.54) is 0 Å². The van der Waals surface area contributed by atoms with Crippen molar-refractivity contribution in [2.75, 3.05) is 13.7 Å². The first-order valence-corrected chi connectivity index (χ1v) is 5.74. The van der Waals surface area contributed by atoms with Gasteiger partial charge in [-0.2, -0.15) is 0 Å². The molecule has 1 fully saturated rings. The Labute approximate surface area is 101 Å². The number of hydrogen-bond acceptors (Lipinski definition) is 3. The van der Waals surface area contributed by atoms with E-state index in [9.17, 15) is 4.79 Å². The zero-order valence-electron chi connectivity index (χ0n) is 9.85. The van der Waals surface area contributed by atoms with E-state index in [-0.39, 0.29) is 12.0 Å². The zero-order chi connectivity index (χ0) is 12.3. The molecule has 1 aromatic carbocycles. The van der Waals surface area contributed by atoms with Crippen molar-refractivity contribution >= 4 is 5.97 Å². The van der Waals surface area contributed by atoms with Crippen LogP contribution in [0.3, 0.4) is 0 Å². The molecule has 2 unspecified atom stereocenters. The predicted molar refractivity (Wildman–Crippen MR) is 63.6 cm³/mol. The molecule has 1 aliphatic heterocycles. The second-order valence-electron chi connectivity index (χ2n) is 4.41. The summed E-state index contributed by atoms with van der Waals surface area (Å²) in [4.78, 5) is 10.9. The van der Waals surface area contributed by atoms with E-state index in [1.807, 2.05) is 24.3 Å². The van der Waals surface area contributed by atoms with Crippen molar-refractivity contribution in [1.82, 2.24) is 5.32 Å². The lowest BCUT2D eigenvalue weighted by molar-refractivity contribution is -0.141. The number of hydrogen-bond donors (Lipinski definition) is 2. The molecule has 17 heavy (non-hydrogen) atoms. The fourth-order valence-corrected chi connectivity index (χ4v) is 2.19. The van der Waals surface area contributed by atoms with Crippen LogP contribution < -0.4 is 5.32 Å². The van der Waals surface area contributed by atoms with Crippen LogP contribution in [0.4, 0.5) is 0 Å². The first-order chi connectivity index (χ1) is 8.20. The van der Waals surface area contributed by atoms with Gasteiger partial charge in [0.25, 0.3) is 0 Å². The Bertz CT molecular complexity index is 388. The molecule has 4 heteroatoms. The molecule has 1 saturated heterocycles. The lowest BCUT2D eigenvalue weighted by Crippen LogP contribution is -2.17. The van der Waals surface area contributed by atoms with Crippen LogP contribution in [0.25, 0.3) is 0 Å². The van der Waals surface area contributed by atoms with Gasteiger partial charge in [0.15, 0.2) is 0 Å². The average molecular weight is 235 g/mol. The van der Waals surface area contributed by atoms with Crippen LogP contribution in [0.2, 0.25) is 0 Å². The Morgan fingerprint density at radius 1 is 1.47 bits per heavy atom. The highest BCUT2D eigenvalue weighted by molar-refractivity contribution is 5.70. The lowest BCUT2D eigenvalue weighted by atomic mass is 9.99. The number of methoxy groups -OCH3 is 1. The van der Waals surface area contributed by atoms with Crippen LogP contribution in [-0.2, 0) is 16.1 Å². The Kier molecular flexibility index (Phi) is 3.76. The molecule has 0 aliphatic carbocycles. The van der Waals surface area contributed by atoms with E-state index in [0.717, 1.165) is 11.1 Å². The molecule has 2 atom stereocenters. The number of nitrogens with one attached hydrogen (secondary N) is 1. The highest BCUT2D eigenvalue weighted by Gasteiger charge is 2.29. The maximum atomic E-state index is 10.9. The van der Waals surface area contributed by atoms with E-state index in [4.69, 9.17) is 9.84 Å². The summed E-state index contributed by atoms with van der Waals surface area (Å²) in [5.41, 5.74) is 2.28. The highest BCUT2D eigenvalue weighted by Crippen LogP contribution is 2.27. The van der Waals surface area contributed by atoms with Gasteiger partial charge in [-0.1, -0.05) is 24.3 Å². The Hall–Kier alpha value is -1.39. The third-order valence-electron chi connectivity index (χ3n) is 3.17. The third-order valence-corrected chi connectivity index (χ3v) is 3.17. The lowest BCUT2D eigenvalue weighted by Gasteiger charge is -2.11. The number of aliphatic carboxylic acids is 1. The van der Waals surface area contributed by atoms with Gasteiger partial charge in [-0.05, 0) is 17.5 Å². The molecule has 2 rings (SSSR count). The Balaban J connectivity index is 2.01. The van der Waals surface area contributed by atoms with Crippen LogP contribution in [0.15, 0.2) is 24.3 Å². The molecular formula is C13H17NO3. The molecule has 92 valence electrons. The first-order valence-electron chi connectivity index (χ1n) is 5.74. The van der Waals surface area contributed by atoms with Gasteiger partial charge in [0.1, 0.15) is 0 Å². The normalized spacial score (nSPS) is 23.8. The summed E-state index contributed by atoms with van der Waals surface area (Å²) in [5.74, 6) is -0.977. The zero-order valence-corrected chi connectivity index (χ0v) is 9.85. The summed E-state index contributed by atoms with van der Waals surface area (Å²) in [5, 5.41) is 12.2. The van der Waals surface area contributed by atoms with Crippen LogP contribution in [-0.4, -0.2) is 24.7 Å². The summed E-state index contributed by atoms with van der Waals surface area (Å²) < 4.78 is 5.05. The van der Waals surface area contributed by atoms with E-state index in [0.29, 0.717) is 19.6 Å². The number of ether oxygens (including phenoxy) is 1. The molecule has 1 aliphatic rings. The molecule has 0 radical (unpaired) electrons. The predicted octanol–water partition coefficient (Wildman–Crippen LogP) is 1.57. The van der Waals surface area contributed by atoms with Gasteiger partial charge in [-0.15, -0.1) is 0 Å². The summed E-state index contributed by atoms with van der Waals surface area (Å²) in [6, 6.07) is 8.28. The minimum atomic E-state index is -0.712. The van der Waals surface area contributed by atoms with Gasteiger partial charge in [0.05, 0.1) is 12.5 Å². The number of carbonyl (C=O) groups is 1. The molecule has 0 aromatic heterocycles. The third kappa shape index (κ3) is 2.84. The van der Waals surface area contributed by atoms with E-state index < -0.39 is 5.97 Å². The standard InChI is InChI=1S/C13H17NO3/c1-17-8-9-2-4-10(5-3-9)12-6-11(7-14-12)13(15)16/h2-5,11-12,14H,6-8H2,1H3,(H,15,16). The topological polar surface area (TPSA) is 58.6 Å². The van der Waals surface area contributed by atoms with Crippen molar-refractivity contribution in [1.29, 1.82) is 0 Å². The van der Waals surface area contributed by atoms with Gasteiger partial charge in [0, 0.05) is 19.7 Å². The Morgan fingerprint density at radius 3 is 2.71 bits per heavy atom. The summed E-state index contributed by atoms with van der Waals surface area (Å²) in [6.07, 6.45) is 0.666. The van der Waals surface area contributed by atoms with Gasteiger partial charge >= 0.3 is 5.97 Å². The van der Waals surface area contributed by atoms with Gasteiger partial charge < -0.3 is 15.2 Å². The molecule has 0 saturated carbocycles. The quantitative estimate of drug-likeness (QED) is 0.831.